The van der Waals surface area contributed by atoms with Crippen LogP contribution in [0.15, 0.2) is 30.0 Å². The molecule has 100 valence electrons. The molecule has 2 heterocycles. The molecule has 4 heteroatoms. The van der Waals surface area contributed by atoms with E-state index in [-0.39, 0.29) is 24.5 Å². The molecule has 0 saturated carbocycles. The molecule has 2 atom stereocenters. The summed E-state index contributed by atoms with van der Waals surface area (Å²) in [6.45, 7) is 2.03. The van der Waals surface area contributed by atoms with E-state index in [1.165, 1.54) is 11.1 Å². The fraction of sp³-hybridized carbons (Fsp3) is 0.400. The highest BCUT2D eigenvalue weighted by molar-refractivity contribution is 5.84. The number of hydrogen-bond donors (Lipinski definition) is 2. The predicted octanol–water partition coefficient (Wildman–Crippen LogP) is 1.30. The van der Waals surface area contributed by atoms with Crippen molar-refractivity contribution in [3.05, 3.63) is 41.1 Å². The lowest BCUT2D eigenvalue weighted by Crippen LogP contribution is -2.49. The summed E-state index contributed by atoms with van der Waals surface area (Å²) in [6.07, 6.45) is 2.48. The average molecular weight is 258 g/mol. The van der Waals surface area contributed by atoms with Gasteiger partial charge < -0.3 is 15.3 Å². The fourth-order valence-electron chi connectivity index (χ4n) is 3.03. The first-order chi connectivity index (χ1) is 9.10. The van der Waals surface area contributed by atoms with Gasteiger partial charge in [0, 0.05) is 18.9 Å². The zero-order chi connectivity index (χ0) is 13.6. The van der Waals surface area contributed by atoms with Crippen LogP contribution in [0.2, 0.25) is 0 Å². The third-order valence-electron chi connectivity index (χ3n) is 4.02. The maximum Gasteiger partial charge on any atom is 0.232 e. The highest BCUT2D eigenvalue weighted by Crippen LogP contribution is 2.35. The molecule has 2 aliphatic rings. The molecule has 4 nitrogen and oxygen atoms in total. The van der Waals surface area contributed by atoms with Crippen molar-refractivity contribution in [3.63, 3.8) is 0 Å². The Morgan fingerprint density at radius 1 is 1.47 bits per heavy atom. The first-order valence-corrected chi connectivity index (χ1v) is 6.54. The zero-order valence-electron chi connectivity index (χ0n) is 11.2. The number of fused-ring (bicyclic) bond motifs is 2. The zero-order valence-corrected chi connectivity index (χ0v) is 11.2. The van der Waals surface area contributed by atoms with Crippen LogP contribution < -0.4 is 5.32 Å². The molecule has 1 aromatic carbocycles. The molecule has 0 saturated heterocycles. The van der Waals surface area contributed by atoms with Crippen molar-refractivity contribution in [2.45, 2.75) is 19.4 Å². The molecular formula is C15H18N2O2. The lowest BCUT2D eigenvalue weighted by atomic mass is 9.80. The maximum atomic E-state index is 12.3. The van der Waals surface area contributed by atoms with E-state index in [0.29, 0.717) is 0 Å². The second kappa shape index (κ2) is 4.38. The molecule has 0 bridgehead atoms. The number of carbonyl (C=O) groups excluding carboxylic acids is 1. The number of carbonyl (C=O) groups is 1. The topological polar surface area (TPSA) is 52.6 Å². The Hall–Kier alpha value is -1.81. The number of nitrogens with one attached hydrogen (secondary N) is 1. The molecule has 1 aromatic rings. The first-order valence-electron chi connectivity index (χ1n) is 6.54. The molecule has 2 N–H and O–H groups in total. The van der Waals surface area contributed by atoms with Crippen LogP contribution in [-0.4, -0.2) is 35.6 Å². The molecule has 3 rings (SSSR count). The van der Waals surface area contributed by atoms with Gasteiger partial charge in [0.05, 0.1) is 18.6 Å². The summed E-state index contributed by atoms with van der Waals surface area (Å²) in [7, 11) is 1.75. The summed E-state index contributed by atoms with van der Waals surface area (Å²) < 4.78 is 0. The highest BCUT2D eigenvalue weighted by atomic mass is 16.3. The Balaban J connectivity index is 2.02. The monoisotopic (exact) mass is 258 g/mol. The number of anilines is 1. The lowest BCUT2D eigenvalue weighted by Gasteiger charge is -2.40. The van der Waals surface area contributed by atoms with Crippen molar-refractivity contribution in [1.29, 1.82) is 0 Å². The predicted molar refractivity (Wildman–Crippen MR) is 73.7 cm³/mol. The number of benzene rings is 1. The molecular weight excluding hydrogens is 240 g/mol. The van der Waals surface area contributed by atoms with Crippen molar-refractivity contribution in [2.75, 3.05) is 19.0 Å². The van der Waals surface area contributed by atoms with E-state index < -0.39 is 0 Å². The van der Waals surface area contributed by atoms with E-state index in [1.807, 2.05) is 0 Å². The van der Waals surface area contributed by atoms with E-state index in [4.69, 9.17) is 0 Å². The van der Waals surface area contributed by atoms with Crippen molar-refractivity contribution in [1.82, 2.24) is 4.90 Å². The van der Waals surface area contributed by atoms with E-state index in [9.17, 15) is 9.90 Å². The summed E-state index contributed by atoms with van der Waals surface area (Å²) in [5, 5.41) is 12.9. The minimum absolute atomic E-state index is 0.0209. The van der Waals surface area contributed by atoms with Gasteiger partial charge in [-0.25, -0.2) is 0 Å². The minimum Gasteiger partial charge on any atom is -0.392 e. The standard InChI is InChI=1S/C15H18N2O2/c1-9-3-4-13-10(5-9)6-12-14(16-13)11(8-18)7-17(2)15(12)19/h3-5,7,12,14,16,18H,6,8H2,1-2H3/t12-,14-/m1/s1. The van der Waals surface area contributed by atoms with Crippen molar-refractivity contribution in [2.24, 2.45) is 5.92 Å². The SMILES string of the molecule is Cc1ccc2c(c1)C[C@H]1C(=O)N(C)C=C(CO)[C@H]1N2. The van der Waals surface area contributed by atoms with Gasteiger partial charge >= 0.3 is 0 Å². The molecule has 19 heavy (non-hydrogen) atoms. The normalized spacial score (nSPS) is 25.3. The minimum atomic E-state index is -0.119. The molecule has 1 amide bonds. The second-order valence-corrected chi connectivity index (χ2v) is 5.40. The number of rotatable bonds is 1. The second-order valence-electron chi connectivity index (χ2n) is 5.40. The number of hydrogen-bond acceptors (Lipinski definition) is 3. The Morgan fingerprint density at radius 3 is 3.00 bits per heavy atom. The van der Waals surface area contributed by atoms with Crippen LogP contribution in [0.1, 0.15) is 11.1 Å². The third kappa shape index (κ3) is 1.92. The van der Waals surface area contributed by atoms with Gasteiger partial charge in [-0.15, -0.1) is 0 Å². The van der Waals surface area contributed by atoms with Crippen LogP contribution in [0.5, 0.6) is 0 Å². The number of nitrogens with zero attached hydrogens (tertiary/aromatic N) is 1. The van der Waals surface area contributed by atoms with Crippen LogP contribution >= 0.6 is 0 Å². The van der Waals surface area contributed by atoms with Crippen LogP contribution in [0.25, 0.3) is 0 Å². The van der Waals surface area contributed by atoms with E-state index in [0.717, 1.165) is 17.7 Å². The molecule has 0 aliphatic carbocycles. The van der Waals surface area contributed by atoms with E-state index in [2.05, 4.69) is 30.4 Å². The molecule has 0 spiro atoms. The Bertz CT molecular complexity index is 565. The van der Waals surface area contributed by atoms with Crippen molar-refractivity contribution < 1.29 is 9.90 Å². The van der Waals surface area contributed by atoms with Gasteiger partial charge in [0.1, 0.15) is 0 Å². The number of aryl methyl sites for hydroxylation is 1. The summed E-state index contributed by atoms with van der Waals surface area (Å²) in [4.78, 5) is 13.9. The summed E-state index contributed by atoms with van der Waals surface area (Å²) in [5.74, 6) is -0.00620. The number of aliphatic hydroxyl groups excluding tert-OH is 1. The van der Waals surface area contributed by atoms with Crippen LogP contribution in [0.3, 0.4) is 0 Å². The van der Waals surface area contributed by atoms with E-state index in [1.54, 1.807) is 18.1 Å². The Kier molecular flexibility index (Phi) is 2.82. The van der Waals surface area contributed by atoms with Gasteiger partial charge in [0.15, 0.2) is 0 Å². The van der Waals surface area contributed by atoms with Gasteiger partial charge in [-0.05, 0) is 30.5 Å². The van der Waals surface area contributed by atoms with Gasteiger partial charge in [-0.2, -0.15) is 0 Å². The average Bonchev–Trinajstić information content (AvgIpc) is 2.41. The summed E-state index contributed by atoms with van der Waals surface area (Å²) in [5.41, 5.74) is 4.33. The van der Waals surface area contributed by atoms with Crippen molar-refractivity contribution in [3.8, 4) is 0 Å². The third-order valence-corrected chi connectivity index (χ3v) is 4.02. The maximum absolute atomic E-state index is 12.3. The van der Waals surface area contributed by atoms with Crippen LogP contribution in [-0.2, 0) is 11.2 Å². The Morgan fingerprint density at radius 2 is 2.26 bits per heavy atom. The van der Waals surface area contributed by atoms with Crippen molar-refractivity contribution >= 4 is 11.6 Å². The largest absolute Gasteiger partial charge is 0.392 e. The van der Waals surface area contributed by atoms with Gasteiger partial charge in [-0.1, -0.05) is 17.7 Å². The highest BCUT2D eigenvalue weighted by Gasteiger charge is 2.39. The number of amides is 1. The molecule has 0 radical (unpaired) electrons. The van der Waals surface area contributed by atoms with Gasteiger partial charge in [0.2, 0.25) is 5.91 Å². The van der Waals surface area contributed by atoms with Crippen LogP contribution in [0.4, 0.5) is 5.69 Å². The lowest BCUT2D eigenvalue weighted by molar-refractivity contribution is -0.133. The van der Waals surface area contributed by atoms with Gasteiger partial charge in [0.25, 0.3) is 0 Å². The molecule has 0 unspecified atom stereocenters. The molecule has 0 fully saturated rings. The summed E-state index contributed by atoms with van der Waals surface area (Å²) >= 11 is 0. The molecule has 2 aliphatic heterocycles. The first kappa shape index (κ1) is 12.2. The summed E-state index contributed by atoms with van der Waals surface area (Å²) in [6, 6.07) is 6.16. The van der Waals surface area contributed by atoms with Crippen LogP contribution in [0, 0.1) is 12.8 Å². The Labute approximate surface area is 112 Å². The fourth-order valence-corrected chi connectivity index (χ4v) is 3.03. The van der Waals surface area contributed by atoms with Gasteiger partial charge in [-0.3, -0.25) is 4.79 Å². The van der Waals surface area contributed by atoms with E-state index >= 15 is 0 Å². The molecule has 0 aromatic heterocycles. The quantitative estimate of drug-likeness (QED) is 0.798. The smallest absolute Gasteiger partial charge is 0.232 e. The number of aliphatic hydroxyl groups is 1.